The van der Waals surface area contributed by atoms with Gasteiger partial charge in [0.2, 0.25) is 0 Å². The molecule has 0 saturated carbocycles. The number of nitrogens with one attached hydrogen (secondary N) is 1. The number of rotatable bonds is 3. The smallest absolute Gasteiger partial charge is 0.268 e. The predicted molar refractivity (Wildman–Crippen MR) is 72.8 cm³/mol. The van der Waals surface area contributed by atoms with Gasteiger partial charge in [-0.2, -0.15) is 0 Å². The van der Waals surface area contributed by atoms with Crippen LogP contribution >= 0.6 is 34.5 Å². The Hall–Kier alpha value is -1.77. The van der Waals surface area contributed by atoms with E-state index in [0.717, 1.165) is 17.4 Å². The van der Waals surface area contributed by atoms with Gasteiger partial charge in [-0.05, 0) is 6.07 Å². The average molecular weight is 335 g/mol. The normalized spacial score (nSPS) is 10.3. The molecule has 0 fully saturated rings. The summed E-state index contributed by atoms with van der Waals surface area (Å²) in [7, 11) is 0. The van der Waals surface area contributed by atoms with Gasteiger partial charge in [0.05, 0.1) is 5.56 Å². The van der Waals surface area contributed by atoms with E-state index >= 15 is 0 Å². The Balaban J connectivity index is 2.23. The van der Waals surface area contributed by atoms with Gasteiger partial charge in [0.25, 0.3) is 11.8 Å². The van der Waals surface area contributed by atoms with Crippen LogP contribution in [-0.4, -0.2) is 21.8 Å². The van der Waals surface area contributed by atoms with Crippen LogP contribution in [0.3, 0.4) is 0 Å². The lowest BCUT2D eigenvalue weighted by Gasteiger charge is -2.04. The van der Waals surface area contributed by atoms with E-state index in [1.807, 2.05) is 0 Å². The van der Waals surface area contributed by atoms with Crippen molar-refractivity contribution in [1.29, 1.82) is 0 Å². The van der Waals surface area contributed by atoms with Crippen LogP contribution in [0, 0.1) is 5.82 Å². The minimum Gasteiger partial charge on any atom is -0.364 e. The van der Waals surface area contributed by atoms with Gasteiger partial charge in [-0.3, -0.25) is 14.9 Å². The SMILES string of the molecule is NC(=O)c1csc(NC(=O)c2cc(F)c(Cl)nc2Cl)n1. The Kier molecular flexibility index (Phi) is 4.17. The quantitative estimate of drug-likeness (QED) is 0.841. The van der Waals surface area contributed by atoms with E-state index in [1.165, 1.54) is 5.38 Å². The highest BCUT2D eigenvalue weighted by molar-refractivity contribution is 7.14. The maximum Gasteiger partial charge on any atom is 0.268 e. The lowest BCUT2D eigenvalue weighted by Crippen LogP contribution is -2.15. The summed E-state index contributed by atoms with van der Waals surface area (Å²) in [5.74, 6) is -2.33. The second-order valence-corrected chi connectivity index (χ2v) is 5.03. The molecule has 0 radical (unpaired) electrons. The molecule has 2 aromatic rings. The van der Waals surface area contributed by atoms with Gasteiger partial charge in [0.15, 0.2) is 16.1 Å². The van der Waals surface area contributed by atoms with Crippen LogP contribution in [0.4, 0.5) is 9.52 Å². The Morgan fingerprint density at radius 2 is 2.00 bits per heavy atom. The highest BCUT2D eigenvalue weighted by Gasteiger charge is 2.17. The van der Waals surface area contributed by atoms with E-state index < -0.39 is 22.8 Å². The van der Waals surface area contributed by atoms with Gasteiger partial charge < -0.3 is 5.73 Å². The Morgan fingerprint density at radius 3 is 2.60 bits per heavy atom. The minimum absolute atomic E-state index is 0.0109. The van der Waals surface area contributed by atoms with Crippen LogP contribution in [0.15, 0.2) is 11.4 Å². The number of aromatic nitrogens is 2. The third-order valence-electron chi connectivity index (χ3n) is 2.11. The number of amides is 2. The van der Waals surface area contributed by atoms with Crippen molar-refractivity contribution in [2.24, 2.45) is 5.73 Å². The van der Waals surface area contributed by atoms with Gasteiger partial charge in [-0.1, -0.05) is 23.2 Å². The molecule has 20 heavy (non-hydrogen) atoms. The summed E-state index contributed by atoms with van der Waals surface area (Å²) in [5, 5.41) is 3.16. The standard InChI is InChI=1S/C10H5Cl2FN4O2S/c11-6-3(1-4(13)7(12)16-6)9(19)17-10-15-5(2-20-10)8(14)18/h1-2H,(H2,14,18)(H,15,17,19). The zero-order valence-corrected chi connectivity index (χ0v) is 11.8. The first-order valence-electron chi connectivity index (χ1n) is 4.96. The van der Waals surface area contributed by atoms with Crippen LogP contribution in [0.5, 0.6) is 0 Å². The number of hydrogen-bond donors (Lipinski definition) is 2. The Bertz CT molecular complexity index is 707. The van der Waals surface area contributed by atoms with E-state index in [9.17, 15) is 14.0 Å². The molecule has 0 bridgehead atoms. The number of carbonyl (C=O) groups excluding carboxylic acids is 2. The second-order valence-electron chi connectivity index (χ2n) is 3.46. The molecule has 0 atom stereocenters. The maximum absolute atomic E-state index is 13.3. The van der Waals surface area contributed by atoms with Crippen molar-refractivity contribution < 1.29 is 14.0 Å². The molecular weight excluding hydrogens is 330 g/mol. The fourth-order valence-corrected chi connectivity index (χ4v) is 2.32. The Morgan fingerprint density at radius 1 is 1.30 bits per heavy atom. The molecule has 3 N–H and O–H groups in total. The second kappa shape index (κ2) is 5.70. The molecule has 0 aliphatic heterocycles. The monoisotopic (exact) mass is 334 g/mol. The molecule has 2 heterocycles. The van der Waals surface area contributed by atoms with E-state index in [1.54, 1.807) is 0 Å². The number of nitrogens with two attached hydrogens (primary N) is 1. The third-order valence-corrected chi connectivity index (χ3v) is 3.42. The molecule has 0 aliphatic rings. The largest absolute Gasteiger partial charge is 0.364 e. The lowest BCUT2D eigenvalue weighted by molar-refractivity contribution is 0.0992. The van der Waals surface area contributed by atoms with Crippen molar-refractivity contribution in [2.75, 3.05) is 5.32 Å². The van der Waals surface area contributed by atoms with Crippen molar-refractivity contribution in [1.82, 2.24) is 9.97 Å². The van der Waals surface area contributed by atoms with Crippen LogP contribution in [-0.2, 0) is 0 Å². The number of hydrogen-bond acceptors (Lipinski definition) is 5. The summed E-state index contributed by atoms with van der Waals surface area (Å²) < 4.78 is 13.3. The molecule has 0 saturated heterocycles. The zero-order valence-electron chi connectivity index (χ0n) is 9.49. The van der Waals surface area contributed by atoms with Gasteiger partial charge in [-0.25, -0.2) is 14.4 Å². The van der Waals surface area contributed by atoms with E-state index in [2.05, 4.69) is 15.3 Å². The van der Waals surface area contributed by atoms with Gasteiger partial charge in [0, 0.05) is 5.38 Å². The van der Waals surface area contributed by atoms with E-state index in [-0.39, 0.29) is 21.5 Å². The van der Waals surface area contributed by atoms with Crippen LogP contribution < -0.4 is 11.1 Å². The van der Waals surface area contributed by atoms with Gasteiger partial charge >= 0.3 is 0 Å². The average Bonchev–Trinajstić information content (AvgIpc) is 2.82. The molecule has 0 spiro atoms. The molecule has 2 rings (SSSR count). The van der Waals surface area contributed by atoms with Gasteiger partial charge in [0.1, 0.15) is 10.8 Å². The number of carbonyl (C=O) groups is 2. The molecule has 6 nitrogen and oxygen atoms in total. The zero-order chi connectivity index (χ0) is 14.9. The molecule has 0 unspecified atom stereocenters. The minimum atomic E-state index is -0.877. The van der Waals surface area contributed by atoms with E-state index in [4.69, 9.17) is 28.9 Å². The number of nitrogens with zero attached hydrogens (tertiary/aromatic N) is 2. The molecule has 2 aromatic heterocycles. The summed E-state index contributed by atoms with van der Waals surface area (Å²) in [6.07, 6.45) is 0. The molecule has 2 amide bonds. The van der Waals surface area contributed by atoms with Crippen LogP contribution in [0.25, 0.3) is 0 Å². The lowest BCUT2D eigenvalue weighted by atomic mass is 10.2. The highest BCUT2D eigenvalue weighted by Crippen LogP contribution is 2.22. The van der Waals surface area contributed by atoms with Crippen molar-refractivity contribution in [3.05, 3.63) is 38.8 Å². The molecule has 0 aliphatic carbocycles. The van der Waals surface area contributed by atoms with Gasteiger partial charge in [-0.15, -0.1) is 11.3 Å². The summed E-state index contributed by atoms with van der Waals surface area (Å²) >= 11 is 12.1. The third kappa shape index (κ3) is 3.03. The summed E-state index contributed by atoms with van der Waals surface area (Å²) in [6.45, 7) is 0. The number of thiazole rings is 1. The fourth-order valence-electron chi connectivity index (χ4n) is 1.21. The fraction of sp³-hybridized carbons (Fsp3) is 0. The first kappa shape index (κ1) is 14.6. The first-order chi connectivity index (χ1) is 9.38. The highest BCUT2D eigenvalue weighted by atomic mass is 35.5. The predicted octanol–water partition coefficient (Wildman–Crippen LogP) is 2.34. The number of pyridine rings is 1. The molecular formula is C10H5Cl2FN4O2S. The number of anilines is 1. The topological polar surface area (TPSA) is 98.0 Å². The molecule has 104 valence electrons. The Labute approximate surface area is 125 Å². The van der Waals surface area contributed by atoms with Crippen molar-refractivity contribution in [3.63, 3.8) is 0 Å². The van der Waals surface area contributed by atoms with Crippen molar-refractivity contribution >= 4 is 51.5 Å². The van der Waals surface area contributed by atoms with Crippen LogP contribution in [0.1, 0.15) is 20.8 Å². The molecule has 10 heteroatoms. The number of halogens is 3. The van der Waals surface area contributed by atoms with Crippen LogP contribution in [0.2, 0.25) is 10.3 Å². The first-order valence-corrected chi connectivity index (χ1v) is 6.60. The summed E-state index contributed by atoms with van der Waals surface area (Å²) in [6, 6.07) is 0.857. The molecule has 0 aromatic carbocycles. The van der Waals surface area contributed by atoms with Crippen molar-refractivity contribution in [2.45, 2.75) is 0 Å². The van der Waals surface area contributed by atoms with E-state index in [0.29, 0.717) is 0 Å². The maximum atomic E-state index is 13.3. The van der Waals surface area contributed by atoms with Crippen molar-refractivity contribution in [3.8, 4) is 0 Å². The summed E-state index contributed by atoms with van der Waals surface area (Å²) in [4.78, 5) is 30.0. The number of primary amides is 1. The summed E-state index contributed by atoms with van der Waals surface area (Å²) in [5.41, 5.74) is 4.83.